The number of piperidine rings is 1. The molecule has 3 aliphatic heterocycles. The van der Waals surface area contributed by atoms with E-state index < -0.39 is 0 Å². The van der Waals surface area contributed by atoms with Crippen LogP contribution < -0.4 is 0 Å². The molecule has 0 spiro atoms. The Kier molecular flexibility index (Phi) is 4.38. The number of aromatic nitrogens is 1. The molecule has 0 saturated carbocycles. The Balaban J connectivity index is 1.86. The monoisotopic (exact) mass is 319 g/mol. The average molecular weight is 319 g/mol. The lowest BCUT2D eigenvalue weighted by Gasteiger charge is -2.36. The summed E-state index contributed by atoms with van der Waals surface area (Å²) in [5.74, 6) is 0.552. The maximum absolute atomic E-state index is 13.0. The highest BCUT2D eigenvalue weighted by Crippen LogP contribution is 2.30. The van der Waals surface area contributed by atoms with Gasteiger partial charge in [0.2, 0.25) is 5.91 Å². The summed E-state index contributed by atoms with van der Waals surface area (Å²) in [5, 5.41) is 0.774. The Morgan fingerprint density at radius 3 is 2.82 bits per heavy atom. The van der Waals surface area contributed by atoms with Gasteiger partial charge in [-0.1, -0.05) is 0 Å². The summed E-state index contributed by atoms with van der Waals surface area (Å²) < 4.78 is 0. The zero-order chi connectivity index (χ0) is 15.7. The first-order valence-electron chi connectivity index (χ1n) is 7.65. The molecule has 0 unspecified atom stereocenters. The molecular formula is C16H21N3O2S. The predicted molar refractivity (Wildman–Crippen MR) is 85.8 cm³/mol. The molecule has 0 radical (unpaired) electrons. The third-order valence-electron chi connectivity index (χ3n) is 4.61. The summed E-state index contributed by atoms with van der Waals surface area (Å²) in [6, 6.07) is 3.79. The lowest BCUT2D eigenvalue weighted by atomic mass is 9.94. The average Bonchev–Trinajstić information content (AvgIpc) is 2.86. The number of carbonyl (C=O) groups excluding carboxylic acids is 2. The van der Waals surface area contributed by atoms with E-state index in [1.54, 1.807) is 13.1 Å². The van der Waals surface area contributed by atoms with Crippen LogP contribution in [0.5, 0.6) is 0 Å². The van der Waals surface area contributed by atoms with Gasteiger partial charge in [0.25, 0.3) is 5.91 Å². The number of pyridine rings is 1. The van der Waals surface area contributed by atoms with Gasteiger partial charge < -0.3 is 9.80 Å². The maximum Gasteiger partial charge on any atom is 0.256 e. The van der Waals surface area contributed by atoms with Crippen LogP contribution in [-0.4, -0.2) is 58.5 Å². The number of fused-ring (bicyclic) bond motifs is 4. The molecule has 3 fully saturated rings. The van der Waals surface area contributed by atoms with E-state index in [0.717, 1.165) is 31.0 Å². The van der Waals surface area contributed by atoms with Gasteiger partial charge >= 0.3 is 0 Å². The molecule has 2 atom stereocenters. The number of carbonyl (C=O) groups is 2. The number of amides is 2. The minimum Gasteiger partial charge on any atom is -0.341 e. The molecule has 5 nitrogen and oxygen atoms in total. The van der Waals surface area contributed by atoms with Crippen LogP contribution in [0.1, 0.15) is 30.1 Å². The minimum atomic E-state index is 0.0533. The molecule has 1 aromatic heterocycles. The van der Waals surface area contributed by atoms with E-state index in [1.165, 1.54) is 11.8 Å². The molecule has 2 bridgehead atoms. The van der Waals surface area contributed by atoms with E-state index in [4.69, 9.17) is 0 Å². The molecular weight excluding hydrogens is 298 g/mol. The van der Waals surface area contributed by atoms with Gasteiger partial charge in [0, 0.05) is 38.8 Å². The molecule has 0 N–H and O–H groups in total. The van der Waals surface area contributed by atoms with Crippen molar-refractivity contribution in [3.05, 3.63) is 23.9 Å². The van der Waals surface area contributed by atoms with E-state index in [9.17, 15) is 9.59 Å². The molecule has 0 aliphatic carbocycles. The Labute approximate surface area is 135 Å². The number of thioether (sulfide) groups is 1. The first-order chi connectivity index (χ1) is 10.6. The standard InChI is InChI=1S/C16H21N3O2S/c1-11(20)18-8-12-5-6-13(10-18)19(9-12)16(21)14-4-3-7-17-15(14)22-2/h3-4,7,12-13H,5-6,8-10H2,1-2H3/t12-,13+/m1/s1. The summed E-state index contributed by atoms with van der Waals surface area (Å²) in [4.78, 5) is 32.9. The van der Waals surface area contributed by atoms with Gasteiger partial charge in [-0.25, -0.2) is 4.98 Å². The van der Waals surface area contributed by atoms with Gasteiger partial charge in [0.15, 0.2) is 0 Å². The van der Waals surface area contributed by atoms with Gasteiger partial charge in [0.1, 0.15) is 5.03 Å². The van der Waals surface area contributed by atoms with Crippen LogP contribution in [0, 0.1) is 5.92 Å². The Morgan fingerprint density at radius 1 is 1.27 bits per heavy atom. The fourth-order valence-electron chi connectivity index (χ4n) is 3.46. The van der Waals surface area contributed by atoms with Gasteiger partial charge in [-0.15, -0.1) is 11.8 Å². The number of nitrogens with zero attached hydrogens (tertiary/aromatic N) is 3. The topological polar surface area (TPSA) is 53.5 Å². The van der Waals surface area contributed by atoms with E-state index in [2.05, 4.69) is 4.98 Å². The van der Waals surface area contributed by atoms with Gasteiger partial charge in [0.05, 0.1) is 5.56 Å². The normalized spacial score (nSPS) is 24.3. The number of rotatable bonds is 2. The lowest BCUT2D eigenvalue weighted by molar-refractivity contribution is -0.129. The van der Waals surface area contributed by atoms with Crippen LogP contribution >= 0.6 is 11.8 Å². The van der Waals surface area contributed by atoms with Crippen LogP contribution in [0.25, 0.3) is 0 Å². The van der Waals surface area contributed by atoms with Crippen molar-refractivity contribution in [2.24, 2.45) is 5.92 Å². The molecule has 22 heavy (non-hydrogen) atoms. The maximum atomic E-state index is 13.0. The summed E-state index contributed by atoms with van der Waals surface area (Å²) >= 11 is 1.50. The number of hydrogen-bond donors (Lipinski definition) is 0. The van der Waals surface area contributed by atoms with E-state index >= 15 is 0 Å². The minimum absolute atomic E-state index is 0.0533. The molecule has 1 aromatic rings. The van der Waals surface area contributed by atoms with Crippen LogP contribution in [0.4, 0.5) is 0 Å². The lowest BCUT2D eigenvalue weighted by Crippen LogP contribution is -2.47. The van der Waals surface area contributed by atoms with Crippen LogP contribution in [0.2, 0.25) is 0 Å². The molecule has 6 heteroatoms. The second-order valence-corrected chi connectivity index (χ2v) is 6.83. The molecule has 3 saturated heterocycles. The van der Waals surface area contributed by atoms with Crippen LogP contribution in [-0.2, 0) is 4.79 Å². The first kappa shape index (κ1) is 15.3. The molecule has 4 rings (SSSR count). The SMILES string of the molecule is CSc1ncccc1C(=O)N1C[C@@H]2CC[C@H]1CN(C(C)=O)C2. The summed E-state index contributed by atoms with van der Waals surface area (Å²) in [5.41, 5.74) is 0.678. The predicted octanol–water partition coefficient (Wildman–Crippen LogP) is 1.89. The van der Waals surface area contributed by atoms with Crippen molar-refractivity contribution in [3.63, 3.8) is 0 Å². The largest absolute Gasteiger partial charge is 0.341 e. The zero-order valence-electron chi connectivity index (χ0n) is 13.0. The smallest absolute Gasteiger partial charge is 0.256 e. The second-order valence-electron chi connectivity index (χ2n) is 6.04. The summed E-state index contributed by atoms with van der Waals surface area (Å²) in [6.45, 7) is 3.80. The third kappa shape index (κ3) is 2.84. The van der Waals surface area contributed by atoms with Gasteiger partial charge in [-0.05, 0) is 37.1 Å². The van der Waals surface area contributed by atoms with Crippen molar-refractivity contribution < 1.29 is 9.59 Å². The first-order valence-corrected chi connectivity index (χ1v) is 8.88. The van der Waals surface area contributed by atoms with Crippen molar-refractivity contribution in [1.82, 2.24) is 14.8 Å². The highest BCUT2D eigenvalue weighted by Gasteiger charge is 2.38. The van der Waals surface area contributed by atoms with Crippen molar-refractivity contribution in [2.75, 3.05) is 25.9 Å². The molecule has 118 valence electrons. The van der Waals surface area contributed by atoms with Crippen LogP contribution in [0.3, 0.4) is 0 Å². The van der Waals surface area contributed by atoms with Gasteiger partial charge in [-0.2, -0.15) is 0 Å². The van der Waals surface area contributed by atoms with Crippen molar-refractivity contribution in [3.8, 4) is 0 Å². The summed E-state index contributed by atoms with van der Waals surface area (Å²) in [7, 11) is 0. The molecule has 2 amide bonds. The van der Waals surface area contributed by atoms with E-state index in [1.807, 2.05) is 28.2 Å². The van der Waals surface area contributed by atoms with Crippen molar-refractivity contribution in [1.29, 1.82) is 0 Å². The Bertz CT molecular complexity index is 593. The number of hydrogen-bond acceptors (Lipinski definition) is 4. The molecule has 3 aliphatic rings. The highest BCUT2D eigenvalue weighted by atomic mass is 32.2. The quantitative estimate of drug-likeness (QED) is 0.781. The fraction of sp³-hybridized carbons (Fsp3) is 0.562. The van der Waals surface area contributed by atoms with Crippen molar-refractivity contribution in [2.45, 2.75) is 30.8 Å². The second kappa shape index (κ2) is 6.28. The highest BCUT2D eigenvalue weighted by molar-refractivity contribution is 7.98. The molecule has 0 aromatic carbocycles. The van der Waals surface area contributed by atoms with Crippen molar-refractivity contribution >= 4 is 23.6 Å². The van der Waals surface area contributed by atoms with Gasteiger partial charge in [-0.3, -0.25) is 9.59 Å². The zero-order valence-corrected chi connectivity index (χ0v) is 13.8. The molecule has 4 heterocycles. The van der Waals surface area contributed by atoms with Crippen LogP contribution in [0.15, 0.2) is 23.4 Å². The van der Waals surface area contributed by atoms with E-state index in [-0.39, 0.29) is 17.9 Å². The summed E-state index contributed by atoms with van der Waals surface area (Å²) in [6.07, 6.45) is 5.73. The Morgan fingerprint density at radius 2 is 2.09 bits per heavy atom. The third-order valence-corrected chi connectivity index (χ3v) is 5.33. The Hall–Kier alpha value is -1.56. The fourth-order valence-corrected chi connectivity index (χ4v) is 4.00. The van der Waals surface area contributed by atoms with E-state index in [0.29, 0.717) is 18.0 Å².